The zero-order valence-electron chi connectivity index (χ0n) is 27.2. The van der Waals surface area contributed by atoms with Crippen molar-refractivity contribution in [2.24, 2.45) is 0 Å². The van der Waals surface area contributed by atoms with Gasteiger partial charge in [-0.2, -0.15) is 9.97 Å². The maximum absolute atomic E-state index is 5.21. The van der Waals surface area contributed by atoms with Gasteiger partial charge in [-0.1, -0.05) is 127 Å². The third-order valence-corrected chi connectivity index (χ3v) is 11.1. The summed E-state index contributed by atoms with van der Waals surface area (Å²) in [5.41, 5.74) is 7.44. The Bertz CT molecular complexity index is 3080. The summed E-state index contributed by atoms with van der Waals surface area (Å²) >= 11 is 1.85. The number of hydrogen-bond acceptors (Lipinski definition) is 4. The predicted molar refractivity (Wildman–Crippen MR) is 212 cm³/mol. The average Bonchev–Trinajstić information content (AvgIpc) is 3.85. The number of fused-ring (bicyclic) bond motifs is 10. The molecule has 7 aromatic carbocycles. The quantitative estimate of drug-likeness (QED) is 0.187. The van der Waals surface area contributed by atoms with Gasteiger partial charge in [-0.05, 0) is 36.4 Å². The molecule has 0 radical (unpaired) electrons. The smallest absolute Gasteiger partial charge is 0.238 e. The van der Waals surface area contributed by atoms with Crippen LogP contribution in [0.5, 0.6) is 0 Å². The summed E-state index contributed by atoms with van der Waals surface area (Å²) in [6.45, 7) is 0. The third-order valence-electron chi connectivity index (χ3n) is 9.98. The van der Waals surface area contributed by atoms with Crippen molar-refractivity contribution in [1.29, 1.82) is 0 Å². The zero-order valence-corrected chi connectivity index (χ0v) is 28.0. The summed E-state index contributed by atoms with van der Waals surface area (Å²) < 4.78 is 7.25. The lowest BCUT2D eigenvalue weighted by Crippen LogP contribution is -2.06. The van der Waals surface area contributed by atoms with Crippen molar-refractivity contribution >= 4 is 75.1 Å². The van der Waals surface area contributed by atoms with E-state index in [-0.39, 0.29) is 0 Å². The number of rotatable bonds is 4. The minimum absolute atomic E-state index is 0.588. The molecular weight excluding hydrogens is 643 g/mol. The number of para-hydroxylation sites is 2. The highest BCUT2D eigenvalue weighted by Gasteiger charge is 2.23. The number of nitrogens with zero attached hydrogens (tertiary/aromatic N) is 5. The molecule has 0 N–H and O–H groups in total. The lowest BCUT2D eigenvalue weighted by atomic mass is 10.1. The normalized spacial score (nSPS) is 11.9. The second kappa shape index (κ2) is 10.9. The van der Waals surface area contributed by atoms with E-state index in [0.717, 1.165) is 49.7 Å². The molecule has 11 rings (SSSR count). The molecule has 0 amide bonds. The van der Waals surface area contributed by atoms with Crippen LogP contribution < -0.4 is 0 Å². The van der Waals surface area contributed by atoms with Gasteiger partial charge in [-0.25, -0.2) is 4.98 Å². The molecule has 0 saturated heterocycles. The number of aromatic nitrogens is 5. The fraction of sp³-hybridized carbons (Fsp3) is 0. The molecule has 0 fully saturated rings. The Morgan fingerprint density at radius 1 is 0.392 bits per heavy atom. The van der Waals surface area contributed by atoms with E-state index in [1.54, 1.807) is 0 Å². The van der Waals surface area contributed by atoms with Crippen LogP contribution in [0.4, 0.5) is 0 Å². The highest BCUT2D eigenvalue weighted by Crippen LogP contribution is 2.43. The Labute approximate surface area is 296 Å². The molecule has 4 heterocycles. The van der Waals surface area contributed by atoms with Crippen molar-refractivity contribution in [2.45, 2.75) is 0 Å². The molecule has 6 heteroatoms. The van der Waals surface area contributed by atoms with Crippen LogP contribution in [0.3, 0.4) is 0 Å². The van der Waals surface area contributed by atoms with Gasteiger partial charge in [0.1, 0.15) is 0 Å². The van der Waals surface area contributed by atoms with Crippen molar-refractivity contribution in [3.05, 3.63) is 164 Å². The lowest BCUT2D eigenvalue weighted by Gasteiger charge is -2.12. The van der Waals surface area contributed by atoms with E-state index in [9.17, 15) is 0 Å². The molecule has 5 nitrogen and oxygen atoms in total. The minimum atomic E-state index is 0.588. The van der Waals surface area contributed by atoms with Crippen LogP contribution >= 0.6 is 11.3 Å². The Morgan fingerprint density at radius 3 is 1.69 bits per heavy atom. The van der Waals surface area contributed by atoms with E-state index in [0.29, 0.717) is 17.6 Å². The first-order valence-electron chi connectivity index (χ1n) is 17.0. The van der Waals surface area contributed by atoms with Crippen molar-refractivity contribution in [1.82, 2.24) is 24.1 Å². The second-order valence-corrected chi connectivity index (χ2v) is 13.9. The van der Waals surface area contributed by atoms with Crippen LogP contribution in [0, 0.1) is 0 Å². The molecule has 0 unspecified atom stereocenters. The van der Waals surface area contributed by atoms with Gasteiger partial charge in [0.2, 0.25) is 5.95 Å². The molecule has 238 valence electrons. The first-order valence-corrected chi connectivity index (χ1v) is 17.9. The first-order chi connectivity index (χ1) is 25.3. The van der Waals surface area contributed by atoms with E-state index >= 15 is 0 Å². The van der Waals surface area contributed by atoms with Gasteiger partial charge in [0.05, 0.1) is 22.1 Å². The van der Waals surface area contributed by atoms with Crippen LogP contribution in [0.2, 0.25) is 0 Å². The first kappa shape index (κ1) is 28.2. The second-order valence-electron chi connectivity index (χ2n) is 12.9. The molecule has 0 aliphatic rings. The fourth-order valence-electron chi connectivity index (χ4n) is 7.75. The summed E-state index contributed by atoms with van der Waals surface area (Å²) in [5.74, 6) is 1.86. The van der Waals surface area contributed by atoms with E-state index in [4.69, 9.17) is 15.0 Å². The molecule has 51 heavy (non-hydrogen) atoms. The van der Waals surface area contributed by atoms with Crippen molar-refractivity contribution < 1.29 is 0 Å². The van der Waals surface area contributed by atoms with E-state index in [2.05, 4.69) is 137 Å². The highest BCUT2D eigenvalue weighted by molar-refractivity contribution is 7.25. The van der Waals surface area contributed by atoms with E-state index in [1.165, 1.54) is 30.9 Å². The molecule has 0 saturated carbocycles. The average molecular weight is 670 g/mol. The fourth-order valence-corrected chi connectivity index (χ4v) is 8.88. The minimum Gasteiger partial charge on any atom is -0.309 e. The summed E-state index contributed by atoms with van der Waals surface area (Å²) in [5, 5.41) is 7.25. The largest absolute Gasteiger partial charge is 0.309 e. The Kier molecular flexibility index (Phi) is 6.05. The maximum atomic E-state index is 5.21. The van der Waals surface area contributed by atoms with Gasteiger partial charge in [0.25, 0.3) is 0 Å². The zero-order chi connectivity index (χ0) is 33.5. The molecule has 11 aromatic rings. The van der Waals surface area contributed by atoms with E-state index < -0.39 is 0 Å². The Morgan fingerprint density at radius 2 is 0.961 bits per heavy atom. The van der Waals surface area contributed by atoms with Gasteiger partial charge < -0.3 is 4.57 Å². The number of hydrogen-bond donors (Lipinski definition) is 0. The van der Waals surface area contributed by atoms with Crippen LogP contribution in [0.1, 0.15) is 0 Å². The third kappa shape index (κ3) is 4.24. The van der Waals surface area contributed by atoms with Gasteiger partial charge in [0.15, 0.2) is 11.6 Å². The van der Waals surface area contributed by atoms with Gasteiger partial charge in [0, 0.05) is 58.5 Å². The number of benzene rings is 7. The summed E-state index contributed by atoms with van der Waals surface area (Å²) in [7, 11) is 0. The van der Waals surface area contributed by atoms with Gasteiger partial charge >= 0.3 is 0 Å². The van der Waals surface area contributed by atoms with Gasteiger partial charge in [-0.15, -0.1) is 11.3 Å². The highest BCUT2D eigenvalue weighted by atomic mass is 32.1. The van der Waals surface area contributed by atoms with Crippen molar-refractivity contribution in [2.75, 3.05) is 0 Å². The Hall–Kier alpha value is -6.63. The lowest BCUT2D eigenvalue weighted by molar-refractivity contribution is 0.955. The van der Waals surface area contributed by atoms with Crippen molar-refractivity contribution in [3.8, 4) is 34.4 Å². The molecule has 0 atom stereocenters. The van der Waals surface area contributed by atoms with E-state index in [1.807, 2.05) is 47.7 Å². The monoisotopic (exact) mass is 669 g/mol. The Balaban J connectivity index is 1.26. The van der Waals surface area contributed by atoms with Crippen LogP contribution in [-0.4, -0.2) is 24.1 Å². The summed E-state index contributed by atoms with van der Waals surface area (Å²) in [4.78, 5) is 15.4. The van der Waals surface area contributed by atoms with Gasteiger partial charge in [-0.3, -0.25) is 4.57 Å². The molecule has 0 spiro atoms. The predicted octanol–water partition coefficient (Wildman–Crippen LogP) is 11.8. The molecule has 0 aliphatic carbocycles. The summed E-state index contributed by atoms with van der Waals surface area (Å²) in [6.07, 6.45) is 0. The molecule has 0 aliphatic heterocycles. The number of thiophene rings is 1. The molecule has 4 aromatic heterocycles. The topological polar surface area (TPSA) is 48.5 Å². The maximum Gasteiger partial charge on any atom is 0.238 e. The molecular formula is C45H27N5S. The standard InChI is InChI=1S/C45H27N5S/c1-3-13-28(14-4-1)43-46-44(29-15-5-2-6-16-29)48-45(47-43)50-36-20-10-7-17-31(36)34-25-26-38-41(42(34)50)35-19-8-11-21-37(35)49(38)30-23-24-33-32-18-9-12-22-39(32)51-40(33)27-30/h1-27H. The van der Waals surface area contributed by atoms with Crippen LogP contribution in [0.25, 0.3) is 98.2 Å². The van der Waals surface area contributed by atoms with Crippen molar-refractivity contribution in [3.63, 3.8) is 0 Å². The van der Waals surface area contributed by atoms with Crippen LogP contribution in [-0.2, 0) is 0 Å². The SMILES string of the molecule is c1ccc(-c2nc(-c3ccccc3)nc(-n3c4ccccc4c4ccc5c(c6ccccc6n5-c5ccc6c(c5)sc5ccccc56)c43)n2)cc1. The molecule has 0 bridgehead atoms. The summed E-state index contributed by atoms with van der Waals surface area (Å²) in [6, 6.07) is 57.8. The van der Waals surface area contributed by atoms with Crippen LogP contribution in [0.15, 0.2) is 164 Å².